The van der Waals surface area contributed by atoms with E-state index in [9.17, 15) is 8.78 Å². The van der Waals surface area contributed by atoms with Crippen molar-refractivity contribution in [2.24, 2.45) is 5.41 Å². The van der Waals surface area contributed by atoms with E-state index in [0.29, 0.717) is 13.1 Å². The number of aromatic nitrogens is 1. The van der Waals surface area contributed by atoms with Gasteiger partial charge < -0.3 is 10.2 Å². The Morgan fingerprint density at radius 1 is 1.26 bits per heavy atom. The van der Waals surface area contributed by atoms with Crippen LogP contribution < -0.4 is 10.2 Å². The van der Waals surface area contributed by atoms with Gasteiger partial charge in [0.25, 0.3) is 0 Å². The maximum absolute atomic E-state index is 13.8. The summed E-state index contributed by atoms with van der Waals surface area (Å²) in [5, 5.41) is 2.87. The lowest BCUT2D eigenvalue weighted by molar-refractivity contribution is 0.415. The van der Waals surface area contributed by atoms with E-state index >= 15 is 0 Å². The van der Waals surface area contributed by atoms with Crippen molar-refractivity contribution >= 4 is 11.6 Å². The van der Waals surface area contributed by atoms with Gasteiger partial charge in [-0.2, -0.15) is 0 Å². The van der Waals surface area contributed by atoms with E-state index in [2.05, 4.69) is 31.1 Å². The Balaban J connectivity index is 2.99. The Hall–Kier alpha value is -1.39. The molecule has 0 fully saturated rings. The van der Waals surface area contributed by atoms with E-state index in [4.69, 9.17) is 0 Å². The van der Waals surface area contributed by atoms with Crippen LogP contribution in [0, 0.1) is 17.0 Å². The van der Waals surface area contributed by atoms with Crippen molar-refractivity contribution in [3.05, 3.63) is 17.7 Å². The SMILES string of the molecule is CCCNc1nc(N(C)CC(C)(C)C)c(F)cc1F. The summed E-state index contributed by atoms with van der Waals surface area (Å²) < 4.78 is 27.4. The summed E-state index contributed by atoms with van der Waals surface area (Å²) in [5.41, 5.74) is 0.00820. The van der Waals surface area contributed by atoms with Gasteiger partial charge >= 0.3 is 0 Å². The molecule has 0 radical (unpaired) electrons. The lowest BCUT2D eigenvalue weighted by Crippen LogP contribution is -2.30. The highest BCUT2D eigenvalue weighted by Gasteiger charge is 2.19. The van der Waals surface area contributed by atoms with Crippen LogP contribution in [0.1, 0.15) is 34.1 Å². The number of nitrogens with one attached hydrogen (secondary N) is 1. The first-order valence-electron chi connectivity index (χ1n) is 6.55. The predicted octanol–water partition coefficient (Wildman–Crippen LogP) is 3.66. The van der Waals surface area contributed by atoms with E-state index in [1.165, 1.54) is 0 Å². The molecular formula is C14H23F2N3. The van der Waals surface area contributed by atoms with Gasteiger partial charge in [-0.15, -0.1) is 0 Å². The Kier molecular flexibility index (Phi) is 5.09. The van der Waals surface area contributed by atoms with Gasteiger partial charge in [0, 0.05) is 26.2 Å². The number of halogens is 2. The number of nitrogens with zero attached hydrogens (tertiary/aromatic N) is 2. The van der Waals surface area contributed by atoms with Crippen LogP contribution in [0.3, 0.4) is 0 Å². The Morgan fingerprint density at radius 3 is 2.42 bits per heavy atom. The quantitative estimate of drug-likeness (QED) is 0.885. The topological polar surface area (TPSA) is 28.2 Å². The summed E-state index contributed by atoms with van der Waals surface area (Å²) in [5.74, 6) is -1.00. The lowest BCUT2D eigenvalue weighted by atomic mass is 9.96. The molecule has 0 amide bonds. The average Bonchev–Trinajstić information content (AvgIpc) is 2.25. The highest BCUT2D eigenvalue weighted by molar-refractivity contribution is 5.49. The minimum atomic E-state index is -0.654. The van der Waals surface area contributed by atoms with E-state index in [0.717, 1.165) is 12.5 Å². The minimum Gasteiger partial charge on any atom is -0.368 e. The fourth-order valence-electron chi connectivity index (χ4n) is 1.88. The van der Waals surface area contributed by atoms with Crippen molar-refractivity contribution in [1.29, 1.82) is 0 Å². The van der Waals surface area contributed by atoms with Gasteiger partial charge in [-0.25, -0.2) is 13.8 Å². The van der Waals surface area contributed by atoms with E-state index in [1.807, 2.05) is 6.92 Å². The Bertz CT molecular complexity index is 427. The molecule has 0 spiro atoms. The first kappa shape index (κ1) is 15.7. The molecule has 1 aromatic heterocycles. The van der Waals surface area contributed by atoms with Crippen LogP contribution in [0.5, 0.6) is 0 Å². The number of anilines is 2. The van der Waals surface area contributed by atoms with Crippen molar-refractivity contribution in [3.63, 3.8) is 0 Å². The average molecular weight is 271 g/mol. The summed E-state index contributed by atoms with van der Waals surface area (Å²) in [7, 11) is 1.76. The fourth-order valence-corrected chi connectivity index (χ4v) is 1.88. The molecule has 0 unspecified atom stereocenters. The van der Waals surface area contributed by atoms with Crippen LogP contribution in [0.4, 0.5) is 20.4 Å². The fraction of sp³-hybridized carbons (Fsp3) is 0.643. The zero-order valence-corrected chi connectivity index (χ0v) is 12.3. The third-order valence-electron chi connectivity index (χ3n) is 2.53. The Labute approximate surface area is 114 Å². The van der Waals surface area contributed by atoms with Crippen molar-refractivity contribution < 1.29 is 8.78 Å². The molecule has 0 aromatic carbocycles. The molecule has 3 nitrogen and oxygen atoms in total. The molecule has 19 heavy (non-hydrogen) atoms. The maximum Gasteiger partial charge on any atom is 0.168 e. The molecule has 5 heteroatoms. The minimum absolute atomic E-state index is 0.00820. The van der Waals surface area contributed by atoms with Gasteiger partial charge in [-0.05, 0) is 11.8 Å². The zero-order chi connectivity index (χ0) is 14.6. The second-order valence-corrected chi connectivity index (χ2v) is 5.97. The molecule has 1 heterocycles. The summed E-state index contributed by atoms with van der Waals surface area (Å²) >= 11 is 0. The van der Waals surface area contributed by atoms with Crippen LogP contribution >= 0.6 is 0 Å². The number of pyridine rings is 1. The molecular weight excluding hydrogens is 248 g/mol. The van der Waals surface area contributed by atoms with Crippen LogP contribution in [0.25, 0.3) is 0 Å². The van der Waals surface area contributed by atoms with Gasteiger partial charge in [0.15, 0.2) is 23.3 Å². The molecule has 0 saturated heterocycles. The normalized spacial score (nSPS) is 11.5. The third kappa shape index (κ3) is 4.65. The van der Waals surface area contributed by atoms with Crippen molar-refractivity contribution in [2.45, 2.75) is 34.1 Å². The Morgan fingerprint density at radius 2 is 1.89 bits per heavy atom. The molecule has 0 bridgehead atoms. The molecule has 0 aliphatic carbocycles. The molecule has 0 aliphatic heterocycles. The number of rotatable bonds is 5. The van der Waals surface area contributed by atoms with Crippen LogP contribution in [0.2, 0.25) is 0 Å². The largest absolute Gasteiger partial charge is 0.368 e. The van der Waals surface area contributed by atoms with Crippen LogP contribution in [-0.4, -0.2) is 25.1 Å². The second kappa shape index (κ2) is 6.17. The standard InChI is InChI=1S/C14H23F2N3/c1-6-7-17-12-10(15)8-11(16)13(18-12)19(5)9-14(2,3)4/h8H,6-7,9H2,1-5H3,(H,17,18). The molecule has 108 valence electrons. The first-order chi connectivity index (χ1) is 8.74. The van der Waals surface area contributed by atoms with Gasteiger partial charge in [-0.3, -0.25) is 0 Å². The summed E-state index contributed by atoms with van der Waals surface area (Å²) in [4.78, 5) is 5.77. The number of hydrogen-bond acceptors (Lipinski definition) is 3. The second-order valence-electron chi connectivity index (χ2n) is 5.97. The third-order valence-corrected chi connectivity index (χ3v) is 2.53. The zero-order valence-electron chi connectivity index (χ0n) is 12.3. The van der Waals surface area contributed by atoms with Crippen molar-refractivity contribution in [1.82, 2.24) is 4.98 Å². The van der Waals surface area contributed by atoms with Crippen LogP contribution in [-0.2, 0) is 0 Å². The molecule has 0 saturated carbocycles. The summed E-state index contributed by atoms with van der Waals surface area (Å²) in [6, 6.07) is 0.888. The maximum atomic E-state index is 13.8. The van der Waals surface area contributed by atoms with E-state index < -0.39 is 11.6 Å². The monoisotopic (exact) mass is 271 g/mol. The predicted molar refractivity (Wildman–Crippen MR) is 75.7 cm³/mol. The highest BCUT2D eigenvalue weighted by atomic mass is 19.1. The summed E-state index contributed by atoms with van der Waals surface area (Å²) in [6.07, 6.45) is 0.853. The molecule has 1 rings (SSSR count). The van der Waals surface area contributed by atoms with Gasteiger partial charge in [-0.1, -0.05) is 27.7 Å². The van der Waals surface area contributed by atoms with Crippen LogP contribution in [0.15, 0.2) is 6.07 Å². The molecule has 1 N–H and O–H groups in total. The highest BCUT2D eigenvalue weighted by Crippen LogP contribution is 2.24. The van der Waals surface area contributed by atoms with E-state index in [-0.39, 0.29) is 17.1 Å². The van der Waals surface area contributed by atoms with Gasteiger partial charge in [0.2, 0.25) is 0 Å². The molecule has 1 aromatic rings. The van der Waals surface area contributed by atoms with Gasteiger partial charge in [0.05, 0.1) is 0 Å². The molecule has 0 atom stereocenters. The van der Waals surface area contributed by atoms with E-state index in [1.54, 1.807) is 11.9 Å². The lowest BCUT2D eigenvalue weighted by Gasteiger charge is -2.28. The smallest absolute Gasteiger partial charge is 0.168 e. The van der Waals surface area contributed by atoms with Crippen molar-refractivity contribution in [2.75, 3.05) is 30.4 Å². The number of hydrogen-bond donors (Lipinski definition) is 1. The summed E-state index contributed by atoms with van der Waals surface area (Å²) in [6.45, 7) is 9.39. The van der Waals surface area contributed by atoms with Crippen molar-refractivity contribution in [3.8, 4) is 0 Å². The van der Waals surface area contributed by atoms with Gasteiger partial charge in [0.1, 0.15) is 0 Å². The first-order valence-corrected chi connectivity index (χ1v) is 6.55. The molecule has 0 aliphatic rings.